The minimum Gasteiger partial charge on any atom is -0.465 e. The van der Waals surface area contributed by atoms with Crippen molar-refractivity contribution in [1.29, 1.82) is 0 Å². The molecule has 1 aliphatic carbocycles. The second-order valence-electron chi connectivity index (χ2n) is 7.78. The summed E-state index contributed by atoms with van der Waals surface area (Å²) < 4.78 is 27.3. The van der Waals surface area contributed by atoms with E-state index in [1.165, 1.54) is 13.1 Å². The van der Waals surface area contributed by atoms with E-state index in [1.807, 2.05) is 0 Å². The number of hydrogen-bond acceptors (Lipinski definition) is 5. The van der Waals surface area contributed by atoms with Gasteiger partial charge in [-0.1, -0.05) is 11.6 Å². The van der Waals surface area contributed by atoms with Gasteiger partial charge >= 0.3 is 6.09 Å². The van der Waals surface area contributed by atoms with Crippen LogP contribution in [0.1, 0.15) is 29.6 Å². The van der Waals surface area contributed by atoms with E-state index in [9.17, 15) is 37.9 Å². The van der Waals surface area contributed by atoms with Crippen LogP contribution in [-0.2, 0) is 14.4 Å². The number of carboxylic acid groups (broad SMARTS) is 1. The Hall–Kier alpha value is -3.28. The number of ketones is 1. The minimum absolute atomic E-state index is 0.0149. The van der Waals surface area contributed by atoms with Gasteiger partial charge in [0.05, 0.1) is 17.3 Å². The van der Waals surface area contributed by atoms with Crippen molar-refractivity contribution >= 4 is 46.9 Å². The molecule has 13 heteroatoms. The predicted molar refractivity (Wildman–Crippen MR) is 111 cm³/mol. The number of Topliss-reactive ketones (excluding diaryl/α,β-unsaturated/α-hetero) is 1. The molecule has 0 bridgehead atoms. The molecule has 33 heavy (non-hydrogen) atoms. The fourth-order valence-corrected chi connectivity index (χ4v) is 3.86. The number of alkyl halides is 2. The van der Waals surface area contributed by atoms with Crippen LogP contribution in [0.2, 0.25) is 5.02 Å². The maximum absolute atomic E-state index is 13.7. The minimum atomic E-state index is -3.25. The summed E-state index contributed by atoms with van der Waals surface area (Å²) in [5.74, 6) is -7.26. The summed E-state index contributed by atoms with van der Waals surface area (Å²) in [5.41, 5.74) is -0.727. The maximum atomic E-state index is 13.7. The van der Waals surface area contributed by atoms with Crippen LogP contribution in [0.25, 0.3) is 0 Å². The van der Waals surface area contributed by atoms with E-state index in [-0.39, 0.29) is 28.6 Å². The molecule has 4 amide bonds. The molecule has 3 atom stereocenters. The first-order chi connectivity index (χ1) is 15.5. The van der Waals surface area contributed by atoms with Crippen LogP contribution in [0, 0.1) is 5.92 Å². The van der Waals surface area contributed by atoms with E-state index < -0.39 is 54.0 Å². The van der Waals surface area contributed by atoms with Crippen LogP contribution in [-0.4, -0.2) is 66.3 Å². The van der Waals surface area contributed by atoms with Crippen LogP contribution in [0.5, 0.6) is 0 Å². The lowest BCUT2D eigenvalue weighted by atomic mass is 9.95. The highest BCUT2D eigenvalue weighted by Gasteiger charge is 2.62. The molecule has 1 aromatic carbocycles. The SMILES string of the molecule is CNC(=O)C(=O)[C@H](C[C@@H]1CCNC1=O)NC(=O)c1cc(Cl)ccc1N(C(=O)O)C1CC1(F)F. The van der Waals surface area contributed by atoms with Gasteiger partial charge in [-0.2, -0.15) is 0 Å². The summed E-state index contributed by atoms with van der Waals surface area (Å²) in [6, 6.07) is 0.346. The maximum Gasteiger partial charge on any atom is 0.412 e. The third-order valence-corrected chi connectivity index (χ3v) is 5.76. The standard InChI is InChI=1S/C20H21ClF2N4O6/c1-24-18(31)15(28)12(6-9-4-5-25-16(9)29)26-17(30)11-7-10(21)2-3-13(11)27(19(32)33)14-8-20(14,22)23/h2-3,7,9,12,14H,4-6,8H2,1H3,(H,24,31)(H,25,29)(H,26,30)(H,32,33)/t9-,12-,14?/m0/s1. The molecule has 0 radical (unpaired) electrons. The molecule has 3 rings (SSSR count). The second kappa shape index (κ2) is 9.30. The number of anilines is 1. The van der Waals surface area contributed by atoms with Gasteiger partial charge in [0.2, 0.25) is 11.7 Å². The molecule has 10 nitrogen and oxygen atoms in total. The van der Waals surface area contributed by atoms with Crippen LogP contribution < -0.4 is 20.9 Å². The summed E-state index contributed by atoms with van der Waals surface area (Å²) in [5, 5.41) is 16.6. The lowest BCUT2D eigenvalue weighted by Crippen LogP contribution is -2.48. The summed E-state index contributed by atoms with van der Waals surface area (Å²) >= 11 is 5.95. The fourth-order valence-electron chi connectivity index (χ4n) is 3.69. The summed E-state index contributed by atoms with van der Waals surface area (Å²) in [6.07, 6.45) is -2.20. The largest absolute Gasteiger partial charge is 0.465 e. The third-order valence-electron chi connectivity index (χ3n) is 5.53. The zero-order valence-corrected chi connectivity index (χ0v) is 18.1. The number of carbonyl (C=O) groups excluding carboxylic acids is 4. The molecule has 4 N–H and O–H groups in total. The third kappa shape index (κ3) is 5.21. The number of likely N-dealkylation sites (N-methyl/N-ethyl adjacent to an activating group) is 1. The Kier molecular flexibility index (Phi) is 6.86. The molecule has 0 aromatic heterocycles. The molecule has 1 heterocycles. The van der Waals surface area contributed by atoms with Gasteiger partial charge in [0.25, 0.3) is 17.7 Å². The van der Waals surface area contributed by atoms with E-state index in [0.29, 0.717) is 17.9 Å². The lowest BCUT2D eigenvalue weighted by Gasteiger charge is -2.24. The van der Waals surface area contributed by atoms with Gasteiger partial charge in [0.15, 0.2) is 0 Å². The summed E-state index contributed by atoms with van der Waals surface area (Å²) in [4.78, 5) is 61.6. The number of hydrogen-bond donors (Lipinski definition) is 4. The Bertz CT molecular complexity index is 1020. The molecule has 1 aliphatic heterocycles. The van der Waals surface area contributed by atoms with E-state index >= 15 is 0 Å². The molecule has 1 saturated carbocycles. The first-order valence-electron chi connectivity index (χ1n) is 10.00. The Balaban J connectivity index is 1.92. The Morgan fingerprint density at radius 1 is 1.33 bits per heavy atom. The summed E-state index contributed by atoms with van der Waals surface area (Å²) in [6.45, 7) is 0.375. The van der Waals surface area contributed by atoms with E-state index in [2.05, 4.69) is 16.0 Å². The Morgan fingerprint density at radius 3 is 2.52 bits per heavy atom. The number of nitrogens with one attached hydrogen (secondary N) is 3. The van der Waals surface area contributed by atoms with Crippen molar-refractivity contribution in [3.05, 3.63) is 28.8 Å². The molecular weight excluding hydrogens is 466 g/mol. The zero-order valence-electron chi connectivity index (χ0n) is 17.4. The second-order valence-corrected chi connectivity index (χ2v) is 8.21. The quantitative estimate of drug-likeness (QED) is 0.406. The van der Waals surface area contributed by atoms with Gasteiger partial charge in [-0.3, -0.25) is 24.1 Å². The highest BCUT2D eigenvalue weighted by atomic mass is 35.5. The molecule has 2 fully saturated rings. The molecule has 178 valence electrons. The van der Waals surface area contributed by atoms with Crippen LogP contribution in [0.3, 0.4) is 0 Å². The normalized spacial score (nSPS) is 21.5. The van der Waals surface area contributed by atoms with Gasteiger partial charge < -0.3 is 21.1 Å². The highest BCUT2D eigenvalue weighted by molar-refractivity contribution is 6.38. The van der Waals surface area contributed by atoms with Crippen molar-refractivity contribution in [2.45, 2.75) is 37.3 Å². The smallest absolute Gasteiger partial charge is 0.412 e. The molecule has 0 spiro atoms. The lowest BCUT2D eigenvalue weighted by molar-refractivity contribution is -0.139. The number of nitrogens with zero attached hydrogens (tertiary/aromatic N) is 1. The van der Waals surface area contributed by atoms with Crippen molar-refractivity contribution < 1.29 is 37.9 Å². The topological polar surface area (TPSA) is 145 Å². The van der Waals surface area contributed by atoms with Gasteiger partial charge in [-0.25, -0.2) is 13.6 Å². The molecule has 1 aromatic rings. The van der Waals surface area contributed by atoms with E-state index in [1.54, 1.807) is 0 Å². The molecule has 2 aliphatic rings. The van der Waals surface area contributed by atoms with Crippen molar-refractivity contribution in [3.8, 4) is 0 Å². The van der Waals surface area contributed by atoms with Gasteiger partial charge in [0.1, 0.15) is 6.04 Å². The number of carbonyl (C=O) groups is 5. The van der Waals surface area contributed by atoms with Gasteiger partial charge in [0, 0.05) is 31.0 Å². The monoisotopic (exact) mass is 486 g/mol. The first-order valence-corrected chi connectivity index (χ1v) is 10.4. The number of amides is 4. The van der Waals surface area contributed by atoms with Crippen molar-refractivity contribution in [2.24, 2.45) is 5.92 Å². The van der Waals surface area contributed by atoms with Crippen LogP contribution in [0.4, 0.5) is 19.3 Å². The average Bonchev–Trinajstić information content (AvgIpc) is 3.17. The number of rotatable bonds is 8. The van der Waals surface area contributed by atoms with Crippen molar-refractivity contribution in [1.82, 2.24) is 16.0 Å². The Morgan fingerprint density at radius 2 is 2.00 bits per heavy atom. The fraction of sp³-hybridized carbons (Fsp3) is 0.450. The summed E-state index contributed by atoms with van der Waals surface area (Å²) in [7, 11) is 1.22. The predicted octanol–water partition coefficient (Wildman–Crippen LogP) is 1.17. The van der Waals surface area contributed by atoms with Crippen molar-refractivity contribution in [3.63, 3.8) is 0 Å². The first kappa shape index (κ1) is 24.4. The molecular formula is C20H21ClF2N4O6. The van der Waals surface area contributed by atoms with Crippen molar-refractivity contribution in [2.75, 3.05) is 18.5 Å². The highest BCUT2D eigenvalue weighted by Crippen LogP contribution is 2.48. The van der Waals surface area contributed by atoms with Gasteiger partial charge in [-0.05, 0) is 31.0 Å². The van der Waals surface area contributed by atoms with Crippen LogP contribution >= 0.6 is 11.6 Å². The van der Waals surface area contributed by atoms with E-state index in [0.717, 1.165) is 12.1 Å². The zero-order chi connectivity index (χ0) is 24.5. The Labute approximate surface area is 191 Å². The van der Waals surface area contributed by atoms with Crippen LogP contribution in [0.15, 0.2) is 18.2 Å². The van der Waals surface area contributed by atoms with E-state index in [4.69, 9.17) is 11.6 Å². The number of benzene rings is 1. The number of halogens is 3. The average molecular weight is 487 g/mol. The molecule has 1 unspecified atom stereocenters. The molecule has 1 saturated heterocycles. The van der Waals surface area contributed by atoms with Gasteiger partial charge in [-0.15, -0.1) is 0 Å².